The normalized spacial score (nSPS) is 17.2. The van der Waals surface area contributed by atoms with Gasteiger partial charge in [-0.15, -0.1) is 11.3 Å². The van der Waals surface area contributed by atoms with Gasteiger partial charge in [0.2, 0.25) is 0 Å². The first-order chi connectivity index (χ1) is 15.1. The Kier molecular flexibility index (Phi) is 6.32. The van der Waals surface area contributed by atoms with Crippen LogP contribution in [0, 0.1) is 5.92 Å². The van der Waals surface area contributed by atoms with Crippen LogP contribution in [-0.2, 0) is 24.0 Å². The summed E-state index contributed by atoms with van der Waals surface area (Å²) in [6, 6.07) is 0. The lowest BCUT2D eigenvalue weighted by Crippen LogP contribution is -3.14. The van der Waals surface area contributed by atoms with Crippen molar-refractivity contribution in [1.82, 2.24) is 15.0 Å². The van der Waals surface area contributed by atoms with E-state index < -0.39 is 0 Å². The van der Waals surface area contributed by atoms with Crippen LogP contribution in [0.15, 0.2) is 5.16 Å². The molecule has 1 fully saturated rings. The lowest BCUT2D eigenvalue weighted by Gasteiger charge is -2.23. The summed E-state index contributed by atoms with van der Waals surface area (Å²) in [5.74, 6) is 1.59. The van der Waals surface area contributed by atoms with E-state index in [2.05, 4.69) is 25.4 Å². The van der Waals surface area contributed by atoms with E-state index in [-0.39, 0.29) is 0 Å². The zero-order valence-corrected chi connectivity index (χ0v) is 20.3. The maximum absolute atomic E-state index is 5.49. The number of rotatable bonds is 7. The molecule has 1 saturated heterocycles. The van der Waals surface area contributed by atoms with Gasteiger partial charge in [-0.2, -0.15) is 0 Å². The fourth-order valence-corrected chi connectivity index (χ4v) is 6.35. The smallest absolute Gasteiger partial charge is 0.189 e. The van der Waals surface area contributed by atoms with E-state index in [1.54, 1.807) is 28.0 Å². The number of aromatic nitrogens is 3. The van der Waals surface area contributed by atoms with Crippen molar-refractivity contribution in [3.05, 3.63) is 16.8 Å². The van der Waals surface area contributed by atoms with Gasteiger partial charge in [0, 0.05) is 11.1 Å². The third-order valence-electron chi connectivity index (χ3n) is 6.35. The summed E-state index contributed by atoms with van der Waals surface area (Å²) in [5.41, 5.74) is 5.41. The van der Waals surface area contributed by atoms with E-state index in [1.165, 1.54) is 28.6 Å². The number of aryl methyl sites for hydroxylation is 1. The van der Waals surface area contributed by atoms with Crippen LogP contribution in [0.25, 0.3) is 20.4 Å². The molecular weight excluding hydrogens is 426 g/mol. The Morgan fingerprint density at radius 2 is 1.94 bits per heavy atom. The molecule has 0 aromatic carbocycles. The predicted octanol–water partition coefficient (Wildman–Crippen LogP) is 2.98. The van der Waals surface area contributed by atoms with Gasteiger partial charge < -0.3 is 15.0 Å². The zero-order valence-electron chi connectivity index (χ0n) is 18.7. The lowest BCUT2D eigenvalue weighted by molar-refractivity contribution is -0.906. The average Bonchev–Trinajstić information content (AvgIpc) is 3.38. The molecule has 0 bridgehead atoms. The lowest BCUT2D eigenvalue weighted by atomic mass is 9.99. The molecular formula is C23H32N5OS2+. The molecule has 2 N–H and O–H groups in total. The maximum atomic E-state index is 5.49. The molecule has 3 aromatic heterocycles. The number of morpholine rings is 1. The van der Waals surface area contributed by atoms with Crippen LogP contribution in [0.1, 0.15) is 37.1 Å². The van der Waals surface area contributed by atoms with E-state index in [0.717, 1.165) is 84.7 Å². The topological polar surface area (TPSA) is 64.4 Å². The summed E-state index contributed by atoms with van der Waals surface area (Å²) in [4.78, 5) is 17.7. The van der Waals surface area contributed by atoms with E-state index in [0.29, 0.717) is 5.92 Å². The highest BCUT2D eigenvalue weighted by Gasteiger charge is 2.25. The second-order valence-electron chi connectivity index (χ2n) is 9.03. The maximum Gasteiger partial charge on any atom is 0.189 e. The minimum atomic E-state index is 0.617. The number of nitrogens with zero attached hydrogens (tertiary/aromatic N) is 3. The van der Waals surface area contributed by atoms with E-state index in [4.69, 9.17) is 19.7 Å². The minimum Gasteiger partial charge on any atom is -0.370 e. The third-order valence-corrected chi connectivity index (χ3v) is 7.98. The van der Waals surface area contributed by atoms with Crippen LogP contribution in [0.4, 0.5) is 5.82 Å². The largest absolute Gasteiger partial charge is 0.370 e. The van der Waals surface area contributed by atoms with Crippen LogP contribution in [0.5, 0.6) is 0 Å². The van der Waals surface area contributed by atoms with Gasteiger partial charge in [-0.3, -0.25) is 0 Å². The molecule has 5 rings (SSSR count). The molecule has 1 aliphatic heterocycles. The van der Waals surface area contributed by atoms with Crippen molar-refractivity contribution in [2.75, 3.05) is 51.0 Å². The van der Waals surface area contributed by atoms with Gasteiger partial charge in [0.15, 0.2) is 5.16 Å². The van der Waals surface area contributed by atoms with Gasteiger partial charge in [-0.1, -0.05) is 25.6 Å². The van der Waals surface area contributed by atoms with Crippen LogP contribution >= 0.6 is 23.1 Å². The Labute approximate surface area is 192 Å². The van der Waals surface area contributed by atoms with Gasteiger partial charge in [0.1, 0.15) is 23.7 Å². The number of thiophene rings is 1. The minimum absolute atomic E-state index is 0.617. The second kappa shape index (κ2) is 9.17. The molecule has 0 amide bonds. The van der Waals surface area contributed by atoms with Crippen molar-refractivity contribution in [2.24, 2.45) is 5.92 Å². The summed E-state index contributed by atoms with van der Waals surface area (Å²) in [6.07, 6.45) is 6.65. The standard InChI is InChI=1S/C23H31N5OS2/c1-14(2)13-17-15-5-4-6-16(15)18-19-20(31-22(18)25-17)21(27-23(26-19)30-3)24-7-8-28-9-11-29-12-10-28/h14H,4-13H2,1-3H3,(H,24,26,27)/p+1. The van der Waals surface area contributed by atoms with Gasteiger partial charge in [0.05, 0.1) is 36.5 Å². The van der Waals surface area contributed by atoms with E-state index >= 15 is 0 Å². The van der Waals surface area contributed by atoms with Crippen molar-refractivity contribution in [3.8, 4) is 0 Å². The Morgan fingerprint density at radius 3 is 2.71 bits per heavy atom. The predicted molar refractivity (Wildman–Crippen MR) is 130 cm³/mol. The molecule has 8 heteroatoms. The van der Waals surface area contributed by atoms with E-state index in [9.17, 15) is 0 Å². The molecule has 0 saturated carbocycles. The molecule has 166 valence electrons. The first kappa shape index (κ1) is 21.4. The van der Waals surface area contributed by atoms with Gasteiger partial charge in [-0.25, -0.2) is 15.0 Å². The molecule has 1 aliphatic carbocycles. The van der Waals surface area contributed by atoms with Gasteiger partial charge >= 0.3 is 0 Å². The fraction of sp³-hybridized carbons (Fsp3) is 0.609. The average molecular weight is 459 g/mol. The van der Waals surface area contributed by atoms with Crippen LogP contribution < -0.4 is 10.2 Å². The molecule has 3 aromatic rings. The van der Waals surface area contributed by atoms with Crippen LogP contribution in [0.3, 0.4) is 0 Å². The number of anilines is 1. The Morgan fingerprint density at radius 1 is 1.13 bits per heavy atom. The number of pyridine rings is 1. The number of fused-ring (bicyclic) bond motifs is 5. The molecule has 6 nitrogen and oxygen atoms in total. The highest BCUT2D eigenvalue weighted by molar-refractivity contribution is 7.98. The van der Waals surface area contributed by atoms with Gasteiger partial charge in [-0.05, 0) is 49.0 Å². The van der Waals surface area contributed by atoms with E-state index in [1.807, 2.05) is 0 Å². The Bertz CT molecular complexity index is 1090. The highest BCUT2D eigenvalue weighted by atomic mass is 32.2. The number of hydrogen-bond acceptors (Lipinski definition) is 7. The molecule has 0 radical (unpaired) electrons. The van der Waals surface area contributed by atoms with Gasteiger partial charge in [0.25, 0.3) is 0 Å². The molecule has 2 aliphatic rings. The van der Waals surface area contributed by atoms with Crippen LogP contribution in [-0.4, -0.2) is 60.6 Å². The Hall–Kier alpha value is -1.48. The molecule has 4 heterocycles. The summed E-state index contributed by atoms with van der Waals surface area (Å²) < 4.78 is 6.65. The quantitative estimate of drug-likeness (QED) is 0.419. The SMILES string of the molecule is CSc1nc(NCC[NH+]2CCOCC2)c2sc3nc(CC(C)C)c4c(c3c2n1)CCC4. The van der Waals surface area contributed by atoms with Crippen molar-refractivity contribution >= 4 is 49.3 Å². The first-order valence-electron chi connectivity index (χ1n) is 11.5. The number of quaternary nitrogens is 1. The monoisotopic (exact) mass is 458 g/mol. The van der Waals surface area contributed by atoms with Crippen molar-refractivity contribution in [1.29, 1.82) is 0 Å². The Balaban J connectivity index is 1.54. The van der Waals surface area contributed by atoms with Crippen molar-refractivity contribution in [2.45, 2.75) is 44.7 Å². The zero-order chi connectivity index (χ0) is 21.4. The molecule has 0 spiro atoms. The fourth-order valence-electron chi connectivity index (χ4n) is 4.86. The number of nitrogens with one attached hydrogen (secondary N) is 2. The third kappa shape index (κ3) is 4.27. The number of ether oxygens (including phenoxy) is 1. The first-order valence-corrected chi connectivity index (χ1v) is 13.5. The van der Waals surface area contributed by atoms with Crippen LogP contribution in [0.2, 0.25) is 0 Å². The van der Waals surface area contributed by atoms with Crippen molar-refractivity contribution < 1.29 is 9.64 Å². The molecule has 0 unspecified atom stereocenters. The molecule has 0 atom stereocenters. The molecule has 31 heavy (non-hydrogen) atoms. The summed E-state index contributed by atoms with van der Waals surface area (Å²) in [7, 11) is 0. The second-order valence-corrected chi connectivity index (χ2v) is 10.8. The summed E-state index contributed by atoms with van der Waals surface area (Å²) in [6.45, 7) is 10.5. The number of thioether (sulfide) groups is 1. The summed E-state index contributed by atoms with van der Waals surface area (Å²) >= 11 is 3.38. The summed E-state index contributed by atoms with van der Waals surface area (Å²) in [5, 5.41) is 5.77. The van der Waals surface area contributed by atoms with Crippen molar-refractivity contribution in [3.63, 3.8) is 0 Å². The highest BCUT2D eigenvalue weighted by Crippen LogP contribution is 2.42. The number of hydrogen-bond donors (Lipinski definition) is 2.